The van der Waals surface area contributed by atoms with Crippen LogP contribution in [-0.2, 0) is 6.18 Å². The van der Waals surface area contributed by atoms with E-state index in [1.807, 2.05) is 0 Å². The lowest BCUT2D eigenvalue weighted by molar-refractivity contribution is -0.137. The number of aromatic nitrogens is 1. The number of halogens is 3. The van der Waals surface area contributed by atoms with E-state index in [1.54, 1.807) is 30.5 Å². The van der Waals surface area contributed by atoms with Gasteiger partial charge < -0.3 is 0 Å². The molecule has 0 saturated heterocycles. The molecule has 2 aromatic rings. The predicted octanol–water partition coefficient (Wildman–Crippen LogP) is 7.47. The Labute approximate surface area is 176 Å². The van der Waals surface area contributed by atoms with Crippen LogP contribution in [0.5, 0.6) is 0 Å². The lowest BCUT2D eigenvalue weighted by atomic mass is 9.85. The summed E-state index contributed by atoms with van der Waals surface area (Å²) < 4.78 is 40.2. The summed E-state index contributed by atoms with van der Waals surface area (Å²) in [7, 11) is 0. The van der Waals surface area contributed by atoms with Crippen LogP contribution in [-0.4, -0.2) is 11.2 Å². The van der Waals surface area contributed by atoms with Gasteiger partial charge >= 0.3 is 6.18 Å². The predicted molar refractivity (Wildman–Crippen MR) is 116 cm³/mol. The van der Waals surface area contributed by atoms with E-state index in [0.29, 0.717) is 17.5 Å². The Morgan fingerprint density at radius 1 is 0.967 bits per heavy atom. The van der Waals surface area contributed by atoms with Gasteiger partial charge in [0.15, 0.2) is 0 Å². The first-order valence-electron chi connectivity index (χ1n) is 10.3. The molecule has 0 unspecified atom stereocenters. The van der Waals surface area contributed by atoms with Crippen molar-refractivity contribution in [2.45, 2.75) is 46.7 Å². The van der Waals surface area contributed by atoms with E-state index in [0.717, 1.165) is 24.6 Å². The Balaban J connectivity index is 2.00. The van der Waals surface area contributed by atoms with E-state index in [4.69, 9.17) is 4.99 Å². The molecule has 0 bridgehead atoms. The van der Waals surface area contributed by atoms with Crippen LogP contribution >= 0.6 is 0 Å². The number of hydrogen-bond acceptors (Lipinski definition) is 2. The molecule has 0 radical (unpaired) electrons. The molecule has 0 spiro atoms. The van der Waals surface area contributed by atoms with Gasteiger partial charge in [-0.15, -0.1) is 0 Å². The van der Waals surface area contributed by atoms with Gasteiger partial charge in [0.1, 0.15) is 0 Å². The lowest BCUT2D eigenvalue weighted by Crippen LogP contribution is -2.09. The molecular formula is C25H27F3N2. The van der Waals surface area contributed by atoms with E-state index in [1.165, 1.54) is 23.3 Å². The highest BCUT2D eigenvalue weighted by Gasteiger charge is 2.33. The molecule has 2 nitrogen and oxygen atoms in total. The smallest absolute Gasteiger partial charge is 0.254 e. The topological polar surface area (TPSA) is 25.2 Å². The maximum Gasteiger partial charge on any atom is 0.417 e. The minimum absolute atomic E-state index is 0.0720. The van der Waals surface area contributed by atoms with Gasteiger partial charge in [0.05, 0.1) is 28.9 Å². The third kappa shape index (κ3) is 4.89. The number of pyridine rings is 1. The second-order valence-corrected chi connectivity index (χ2v) is 8.13. The highest BCUT2D eigenvalue weighted by molar-refractivity contribution is 5.80. The summed E-state index contributed by atoms with van der Waals surface area (Å²) in [6.45, 7) is 8.64. The summed E-state index contributed by atoms with van der Waals surface area (Å²) in [5, 5.41) is 0. The molecule has 1 aliphatic carbocycles. The van der Waals surface area contributed by atoms with E-state index in [2.05, 4.69) is 38.8 Å². The number of allylic oxidation sites excluding steroid dienone is 3. The summed E-state index contributed by atoms with van der Waals surface area (Å²) in [4.78, 5) is 9.22. The fourth-order valence-electron chi connectivity index (χ4n) is 3.77. The van der Waals surface area contributed by atoms with Gasteiger partial charge in [0.2, 0.25) is 0 Å². The zero-order valence-electron chi connectivity index (χ0n) is 17.8. The largest absolute Gasteiger partial charge is 0.417 e. The van der Waals surface area contributed by atoms with Crippen LogP contribution in [0.4, 0.5) is 13.2 Å². The summed E-state index contributed by atoms with van der Waals surface area (Å²) in [5.74, 6) is 0.738. The molecule has 1 aromatic heterocycles. The van der Waals surface area contributed by atoms with Crippen molar-refractivity contribution in [1.82, 2.24) is 4.98 Å². The molecule has 30 heavy (non-hydrogen) atoms. The van der Waals surface area contributed by atoms with Crippen molar-refractivity contribution >= 4 is 6.21 Å². The summed E-state index contributed by atoms with van der Waals surface area (Å²) >= 11 is 0. The molecule has 158 valence electrons. The molecule has 0 N–H and O–H groups in total. The number of benzene rings is 1. The van der Waals surface area contributed by atoms with Crippen LogP contribution in [0.3, 0.4) is 0 Å². The van der Waals surface area contributed by atoms with Crippen LogP contribution in [0.2, 0.25) is 0 Å². The molecule has 0 atom stereocenters. The molecule has 1 aromatic carbocycles. The minimum atomic E-state index is -4.43. The second kappa shape index (κ2) is 8.99. The molecule has 0 amide bonds. The van der Waals surface area contributed by atoms with Gasteiger partial charge in [-0.3, -0.25) is 4.99 Å². The van der Waals surface area contributed by atoms with Crippen molar-refractivity contribution in [2.24, 2.45) is 16.8 Å². The Kier molecular flexibility index (Phi) is 6.59. The fraction of sp³-hybridized carbons (Fsp3) is 0.360. The van der Waals surface area contributed by atoms with Crippen LogP contribution in [0, 0.1) is 11.8 Å². The van der Waals surface area contributed by atoms with Crippen molar-refractivity contribution in [1.29, 1.82) is 0 Å². The second-order valence-electron chi connectivity index (χ2n) is 8.13. The van der Waals surface area contributed by atoms with E-state index in [-0.39, 0.29) is 11.3 Å². The average molecular weight is 412 g/mol. The molecule has 1 heterocycles. The van der Waals surface area contributed by atoms with Gasteiger partial charge in [0.25, 0.3) is 0 Å². The van der Waals surface area contributed by atoms with Gasteiger partial charge in [-0.05, 0) is 54.0 Å². The summed E-state index contributed by atoms with van der Waals surface area (Å²) in [6.07, 6.45) is 1.47. The number of rotatable bonds is 5. The standard InChI is InChI=1S/C25H27F3N2/c1-16(2)19-11-8-12-20(17(3)4)24(19)29-15-18-9-7-14-23(30-18)21-10-5-6-13-22(21)25(26,27)28/h5-7,9-11,13-17H,8,12H2,1-4H3. The normalized spacial score (nSPS) is 15.4. The first-order valence-corrected chi connectivity index (χ1v) is 10.3. The van der Waals surface area contributed by atoms with Gasteiger partial charge in [-0.1, -0.05) is 58.0 Å². The minimum Gasteiger partial charge on any atom is -0.254 e. The van der Waals surface area contributed by atoms with Crippen LogP contribution < -0.4 is 0 Å². The molecule has 0 fully saturated rings. The SMILES string of the molecule is CC(C)C1=CCCC(C(C)C)=C1N=Cc1cccc(-c2ccccc2C(F)(F)F)n1. The van der Waals surface area contributed by atoms with Crippen molar-refractivity contribution in [3.05, 3.63) is 76.6 Å². The number of hydrogen-bond donors (Lipinski definition) is 0. The average Bonchev–Trinajstić information content (AvgIpc) is 2.71. The fourth-order valence-corrected chi connectivity index (χ4v) is 3.77. The first-order chi connectivity index (χ1) is 14.2. The number of alkyl halides is 3. The van der Waals surface area contributed by atoms with E-state index >= 15 is 0 Å². The Hall–Kier alpha value is -2.69. The quantitative estimate of drug-likeness (QED) is 0.468. The molecule has 3 rings (SSSR count). The maximum absolute atomic E-state index is 13.4. The van der Waals surface area contributed by atoms with Gasteiger partial charge in [0, 0.05) is 5.56 Å². The van der Waals surface area contributed by atoms with E-state index < -0.39 is 11.7 Å². The van der Waals surface area contributed by atoms with E-state index in [9.17, 15) is 13.2 Å². The van der Waals surface area contributed by atoms with Crippen LogP contribution in [0.25, 0.3) is 11.3 Å². The third-order valence-corrected chi connectivity index (χ3v) is 5.28. The van der Waals surface area contributed by atoms with Gasteiger partial charge in [-0.2, -0.15) is 13.2 Å². The highest BCUT2D eigenvalue weighted by Crippen LogP contribution is 2.37. The van der Waals surface area contributed by atoms with Crippen molar-refractivity contribution in [3.8, 4) is 11.3 Å². The Bertz CT molecular complexity index is 995. The maximum atomic E-state index is 13.4. The van der Waals surface area contributed by atoms with Crippen LogP contribution in [0.15, 0.2) is 70.4 Å². The Morgan fingerprint density at radius 3 is 2.37 bits per heavy atom. The number of aliphatic imine (C=N–C) groups is 1. The zero-order valence-corrected chi connectivity index (χ0v) is 17.8. The number of nitrogens with zero attached hydrogens (tertiary/aromatic N) is 2. The molecule has 5 heteroatoms. The monoisotopic (exact) mass is 412 g/mol. The molecule has 1 aliphatic rings. The highest BCUT2D eigenvalue weighted by atomic mass is 19.4. The third-order valence-electron chi connectivity index (χ3n) is 5.28. The van der Waals surface area contributed by atoms with Crippen molar-refractivity contribution < 1.29 is 13.2 Å². The van der Waals surface area contributed by atoms with Gasteiger partial charge in [-0.25, -0.2) is 4.98 Å². The first kappa shape index (κ1) is 22.0. The summed E-state index contributed by atoms with van der Waals surface area (Å²) in [5.41, 5.74) is 3.74. The molecule has 0 saturated carbocycles. The molecular weight excluding hydrogens is 385 g/mol. The zero-order chi connectivity index (χ0) is 21.9. The molecule has 0 aliphatic heterocycles. The van der Waals surface area contributed by atoms with Crippen LogP contribution in [0.1, 0.15) is 51.8 Å². The lowest BCUT2D eigenvalue weighted by Gasteiger charge is -2.24. The Morgan fingerprint density at radius 2 is 1.70 bits per heavy atom. The van der Waals surface area contributed by atoms with Crippen molar-refractivity contribution in [2.75, 3.05) is 0 Å². The summed E-state index contributed by atoms with van der Waals surface area (Å²) in [6, 6.07) is 10.6. The van der Waals surface area contributed by atoms with Crippen molar-refractivity contribution in [3.63, 3.8) is 0 Å².